The number of halogens is 1. The van der Waals surface area contributed by atoms with Gasteiger partial charge in [-0.2, -0.15) is 0 Å². The molecule has 0 aliphatic rings. The molecule has 1 aromatic carbocycles. The van der Waals surface area contributed by atoms with Crippen molar-refractivity contribution < 1.29 is 4.79 Å². The summed E-state index contributed by atoms with van der Waals surface area (Å²) in [6, 6.07) is 5.10. The third-order valence-corrected chi connectivity index (χ3v) is 3.39. The van der Waals surface area contributed by atoms with Crippen LogP contribution in [0.2, 0.25) is 5.02 Å². The number of amides is 1. The van der Waals surface area contributed by atoms with E-state index in [-0.39, 0.29) is 11.9 Å². The molecule has 6 heteroatoms. The molecule has 0 spiro atoms. The smallest absolute Gasteiger partial charge is 0.254 e. The summed E-state index contributed by atoms with van der Waals surface area (Å²) in [4.78, 5) is 19.7. The normalized spacial score (nSPS) is 12.0. The van der Waals surface area contributed by atoms with E-state index >= 15 is 0 Å². The van der Waals surface area contributed by atoms with Crippen molar-refractivity contribution in [2.45, 2.75) is 26.3 Å². The topological polar surface area (TPSA) is 69.8 Å². The molecule has 112 valence electrons. The number of carbonyl (C=O) groups is 1. The molecule has 0 aliphatic heterocycles. The predicted molar refractivity (Wildman–Crippen MR) is 84.7 cm³/mol. The van der Waals surface area contributed by atoms with Gasteiger partial charge in [-0.25, -0.2) is 4.98 Å². The Morgan fingerprint density at radius 3 is 2.86 bits per heavy atom. The van der Waals surface area contributed by atoms with E-state index in [0.29, 0.717) is 10.6 Å². The Morgan fingerprint density at radius 1 is 1.43 bits per heavy atom. The standard InChI is InChI=1S/C15H19ClN4O/c1-3-12(14-18-7-8-19-14)20-15(21)11-9-10(16)5-6-13(11)17-4-2/h5-9,12,17H,3-4H2,1-2H3,(H,18,19)(H,20,21). The molecule has 1 unspecified atom stereocenters. The van der Waals surface area contributed by atoms with Crippen LogP contribution in [-0.2, 0) is 0 Å². The van der Waals surface area contributed by atoms with Gasteiger partial charge < -0.3 is 15.6 Å². The van der Waals surface area contributed by atoms with Crippen LogP contribution < -0.4 is 10.6 Å². The van der Waals surface area contributed by atoms with Crippen molar-refractivity contribution in [1.82, 2.24) is 15.3 Å². The number of aromatic nitrogens is 2. The highest BCUT2D eigenvalue weighted by Gasteiger charge is 2.18. The zero-order chi connectivity index (χ0) is 15.2. The van der Waals surface area contributed by atoms with Crippen molar-refractivity contribution in [1.29, 1.82) is 0 Å². The fraction of sp³-hybridized carbons (Fsp3) is 0.333. The molecule has 2 aromatic rings. The minimum Gasteiger partial charge on any atom is -0.385 e. The van der Waals surface area contributed by atoms with Gasteiger partial charge in [-0.1, -0.05) is 18.5 Å². The molecule has 0 fully saturated rings. The van der Waals surface area contributed by atoms with Crippen molar-refractivity contribution in [3.63, 3.8) is 0 Å². The zero-order valence-corrected chi connectivity index (χ0v) is 12.9. The van der Waals surface area contributed by atoms with E-state index in [1.165, 1.54) is 0 Å². The quantitative estimate of drug-likeness (QED) is 0.766. The molecule has 1 heterocycles. The molecule has 1 amide bonds. The Labute approximate surface area is 129 Å². The van der Waals surface area contributed by atoms with E-state index in [2.05, 4.69) is 20.6 Å². The molecule has 2 rings (SSSR count). The molecule has 0 aliphatic carbocycles. The predicted octanol–water partition coefficient (Wildman–Crippen LogP) is 3.38. The van der Waals surface area contributed by atoms with Crippen molar-refractivity contribution in [3.8, 4) is 0 Å². The van der Waals surface area contributed by atoms with Gasteiger partial charge in [0, 0.05) is 29.6 Å². The van der Waals surface area contributed by atoms with Gasteiger partial charge in [0.25, 0.3) is 5.91 Å². The lowest BCUT2D eigenvalue weighted by Crippen LogP contribution is -2.29. The molecule has 21 heavy (non-hydrogen) atoms. The molecule has 0 saturated heterocycles. The SMILES string of the molecule is CCNc1ccc(Cl)cc1C(=O)NC(CC)c1ncc[nH]1. The minimum atomic E-state index is -0.170. The summed E-state index contributed by atoms with van der Waals surface area (Å²) in [6.07, 6.45) is 4.16. The Morgan fingerprint density at radius 2 is 2.24 bits per heavy atom. The number of nitrogens with zero attached hydrogens (tertiary/aromatic N) is 1. The molecular weight excluding hydrogens is 288 g/mol. The van der Waals surface area contributed by atoms with E-state index in [9.17, 15) is 4.79 Å². The third kappa shape index (κ3) is 3.76. The number of hydrogen-bond donors (Lipinski definition) is 3. The van der Waals surface area contributed by atoms with Gasteiger partial charge in [-0.05, 0) is 31.5 Å². The summed E-state index contributed by atoms with van der Waals surface area (Å²) >= 11 is 6.00. The summed E-state index contributed by atoms with van der Waals surface area (Å²) in [7, 11) is 0. The lowest BCUT2D eigenvalue weighted by atomic mass is 10.1. The first kappa shape index (κ1) is 15.4. The monoisotopic (exact) mass is 306 g/mol. The van der Waals surface area contributed by atoms with Gasteiger partial charge in [0.05, 0.1) is 11.6 Å². The van der Waals surface area contributed by atoms with Crippen molar-refractivity contribution in [2.75, 3.05) is 11.9 Å². The van der Waals surface area contributed by atoms with Crippen LogP contribution in [0.25, 0.3) is 0 Å². The summed E-state index contributed by atoms with van der Waals surface area (Å²) in [5, 5.41) is 6.68. The number of hydrogen-bond acceptors (Lipinski definition) is 3. The molecule has 1 atom stereocenters. The molecule has 0 radical (unpaired) electrons. The first-order valence-corrected chi connectivity index (χ1v) is 7.37. The lowest BCUT2D eigenvalue weighted by Gasteiger charge is -2.17. The van der Waals surface area contributed by atoms with Gasteiger partial charge in [0.15, 0.2) is 0 Å². The van der Waals surface area contributed by atoms with Crippen LogP contribution >= 0.6 is 11.6 Å². The van der Waals surface area contributed by atoms with Crippen LogP contribution in [0.5, 0.6) is 0 Å². The maximum absolute atomic E-state index is 12.5. The van der Waals surface area contributed by atoms with E-state index < -0.39 is 0 Å². The molecule has 5 nitrogen and oxygen atoms in total. The highest BCUT2D eigenvalue weighted by atomic mass is 35.5. The van der Waals surface area contributed by atoms with Crippen LogP contribution in [0, 0.1) is 0 Å². The fourth-order valence-electron chi connectivity index (χ4n) is 2.12. The number of benzene rings is 1. The Hall–Kier alpha value is -2.01. The van der Waals surface area contributed by atoms with Gasteiger partial charge in [0.2, 0.25) is 0 Å². The van der Waals surface area contributed by atoms with Gasteiger partial charge in [-0.15, -0.1) is 0 Å². The average Bonchev–Trinajstić information content (AvgIpc) is 3.00. The number of nitrogens with one attached hydrogen (secondary N) is 3. The van der Waals surface area contributed by atoms with Crippen LogP contribution in [-0.4, -0.2) is 22.4 Å². The first-order valence-electron chi connectivity index (χ1n) is 6.99. The number of imidazole rings is 1. The van der Waals surface area contributed by atoms with Crippen molar-refractivity contribution in [2.24, 2.45) is 0 Å². The number of rotatable bonds is 6. The Bertz CT molecular complexity index is 598. The van der Waals surface area contributed by atoms with Gasteiger partial charge in [0.1, 0.15) is 5.82 Å². The minimum absolute atomic E-state index is 0.152. The lowest BCUT2D eigenvalue weighted by molar-refractivity contribution is 0.0934. The highest BCUT2D eigenvalue weighted by Crippen LogP contribution is 2.22. The summed E-state index contributed by atoms with van der Waals surface area (Å²) < 4.78 is 0. The van der Waals surface area contributed by atoms with E-state index in [1.54, 1.807) is 24.5 Å². The Balaban J connectivity index is 2.21. The molecule has 1 aromatic heterocycles. The number of H-pyrrole nitrogens is 1. The third-order valence-electron chi connectivity index (χ3n) is 3.16. The second-order valence-electron chi connectivity index (χ2n) is 4.63. The van der Waals surface area contributed by atoms with Crippen LogP contribution in [0.15, 0.2) is 30.6 Å². The number of anilines is 1. The van der Waals surface area contributed by atoms with Crippen molar-refractivity contribution in [3.05, 3.63) is 47.0 Å². The molecule has 0 bridgehead atoms. The largest absolute Gasteiger partial charge is 0.385 e. The average molecular weight is 307 g/mol. The van der Waals surface area contributed by atoms with Gasteiger partial charge in [-0.3, -0.25) is 4.79 Å². The first-order chi connectivity index (χ1) is 10.2. The van der Waals surface area contributed by atoms with E-state index in [1.807, 2.05) is 19.9 Å². The fourth-order valence-corrected chi connectivity index (χ4v) is 2.29. The maximum atomic E-state index is 12.5. The number of carbonyl (C=O) groups excluding carboxylic acids is 1. The Kier molecular flexibility index (Phi) is 5.22. The summed E-state index contributed by atoms with van der Waals surface area (Å²) in [5.74, 6) is 0.578. The molecule has 0 saturated carbocycles. The highest BCUT2D eigenvalue weighted by molar-refractivity contribution is 6.31. The van der Waals surface area contributed by atoms with Crippen LogP contribution in [0.3, 0.4) is 0 Å². The summed E-state index contributed by atoms with van der Waals surface area (Å²) in [6.45, 7) is 4.71. The molecular formula is C15H19ClN4O. The van der Waals surface area contributed by atoms with E-state index in [0.717, 1.165) is 24.5 Å². The second kappa shape index (κ2) is 7.13. The second-order valence-corrected chi connectivity index (χ2v) is 5.07. The van der Waals surface area contributed by atoms with Crippen molar-refractivity contribution >= 4 is 23.2 Å². The van der Waals surface area contributed by atoms with E-state index in [4.69, 9.17) is 11.6 Å². The van der Waals surface area contributed by atoms with Crippen LogP contribution in [0.4, 0.5) is 5.69 Å². The van der Waals surface area contributed by atoms with Gasteiger partial charge >= 0.3 is 0 Å². The van der Waals surface area contributed by atoms with Crippen LogP contribution in [0.1, 0.15) is 42.5 Å². The summed E-state index contributed by atoms with van der Waals surface area (Å²) in [5.41, 5.74) is 1.31. The number of aromatic amines is 1. The zero-order valence-electron chi connectivity index (χ0n) is 12.1. The maximum Gasteiger partial charge on any atom is 0.254 e. The molecule has 3 N–H and O–H groups in total.